The number of esters is 1. The van der Waals surface area contributed by atoms with Crippen LogP contribution in [-0.4, -0.2) is 132 Å². The fraction of sp³-hybridized carbons (Fsp3) is 0.740. The van der Waals surface area contributed by atoms with E-state index in [0.717, 1.165) is 5.57 Å². The lowest BCUT2D eigenvalue weighted by Crippen LogP contribution is -2.65. The number of carbonyl (C=O) groups is 5. The summed E-state index contributed by atoms with van der Waals surface area (Å²) >= 11 is 0. The van der Waals surface area contributed by atoms with E-state index in [9.17, 15) is 39.3 Å². The van der Waals surface area contributed by atoms with Crippen molar-refractivity contribution in [3.05, 3.63) is 47.6 Å². The number of ketones is 3. The molecule has 3 N–H and O–H groups in total. The van der Waals surface area contributed by atoms with E-state index in [1.807, 2.05) is 51.2 Å². The standard InChI is InChI=1S/C50H75NO13/c1-28-14-11-10-12-15-29(2)40(60-7)26-35-19-17-33(6)50(59,64-35)47(56)48(57)51-21-13-16-36-37(24-34-18-20-38(52)42(25-34)61-8)41(63-49(58)43(36)51)27-39(53)30(3)23-32(5)45(55)46(62-9)44(54)31(4)22-28/h10-12,14-15,23,28,30-31,33-38,40-43,45-46,52,55,59H,13,16-22,24-27H2,1-9H3/b12-10+,14-11+,29-15+,32-23+/t28?,30?,31?,33?,34?,35-,36+,37?,38?,40-,41-,42?,43?,45?,46-,50?/m0/s1. The predicted octanol–water partition coefficient (Wildman–Crippen LogP) is 5.40. The van der Waals surface area contributed by atoms with Gasteiger partial charge in [-0.1, -0.05) is 64.2 Å². The van der Waals surface area contributed by atoms with Gasteiger partial charge in [0, 0.05) is 64.4 Å². The minimum Gasteiger partial charge on any atom is -0.460 e. The van der Waals surface area contributed by atoms with Gasteiger partial charge in [-0.05, 0) is 101 Å². The summed E-state index contributed by atoms with van der Waals surface area (Å²) in [7, 11) is 4.52. The third kappa shape index (κ3) is 12.0. The molecule has 4 aliphatic heterocycles. The summed E-state index contributed by atoms with van der Waals surface area (Å²) in [5.41, 5.74) is 1.28. The zero-order valence-electron chi connectivity index (χ0n) is 39.5. The monoisotopic (exact) mass is 898 g/mol. The van der Waals surface area contributed by atoms with Gasteiger partial charge in [0.15, 0.2) is 5.78 Å². The molecule has 4 bridgehead atoms. The van der Waals surface area contributed by atoms with Gasteiger partial charge in [0.05, 0.1) is 24.4 Å². The maximum absolute atomic E-state index is 14.4. The largest absolute Gasteiger partial charge is 0.460 e. The van der Waals surface area contributed by atoms with Crippen LogP contribution in [-0.2, 0) is 47.7 Å². The van der Waals surface area contributed by atoms with E-state index in [-0.39, 0.29) is 42.5 Å². The van der Waals surface area contributed by atoms with Gasteiger partial charge in [0.1, 0.15) is 30.1 Å². The molecule has 1 aliphatic carbocycles. The van der Waals surface area contributed by atoms with Crippen molar-refractivity contribution in [1.82, 2.24) is 4.90 Å². The number of carbonyl (C=O) groups excluding carboxylic acids is 5. The maximum atomic E-state index is 14.4. The molecule has 0 radical (unpaired) electrons. The highest BCUT2D eigenvalue weighted by Gasteiger charge is 2.57. The second kappa shape index (κ2) is 22.9. The van der Waals surface area contributed by atoms with Gasteiger partial charge in [0.25, 0.3) is 11.7 Å². The summed E-state index contributed by atoms with van der Waals surface area (Å²) in [5, 5.41) is 34.1. The molecule has 4 heterocycles. The van der Waals surface area contributed by atoms with Crippen molar-refractivity contribution in [2.75, 3.05) is 27.9 Å². The molecule has 0 aromatic heterocycles. The number of hydrogen-bond acceptors (Lipinski definition) is 13. The Morgan fingerprint density at radius 1 is 0.844 bits per heavy atom. The third-order valence-corrected chi connectivity index (χ3v) is 14.9. The number of rotatable bonds is 5. The third-order valence-electron chi connectivity index (χ3n) is 14.9. The van der Waals surface area contributed by atoms with Crippen molar-refractivity contribution in [2.24, 2.45) is 41.4 Å². The average molecular weight is 898 g/mol. The molecule has 4 fully saturated rings. The minimum atomic E-state index is -2.43. The Bertz CT molecular complexity index is 1790. The van der Waals surface area contributed by atoms with E-state index in [1.54, 1.807) is 41.1 Å². The normalized spacial score (nSPS) is 43.2. The van der Waals surface area contributed by atoms with Crippen LogP contribution in [0.2, 0.25) is 0 Å². The Balaban J connectivity index is 1.51. The lowest BCUT2D eigenvalue weighted by Gasteiger charge is -2.50. The second-order valence-electron chi connectivity index (χ2n) is 19.5. The molecular weight excluding hydrogens is 823 g/mol. The number of ether oxygens (including phenoxy) is 5. The van der Waals surface area contributed by atoms with E-state index in [2.05, 4.69) is 0 Å². The van der Waals surface area contributed by atoms with Crippen molar-refractivity contribution in [1.29, 1.82) is 0 Å². The van der Waals surface area contributed by atoms with Gasteiger partial charge in [-0.25, -0.2) is 4.79 Å². The number of piperidine rings is 1. The molecule has 64 heavy (non-hydrogen) atoms. The van der Waals surface area contributed by atoms with Gasteiger partial charge < -0.3 is 43.9 Å². The summed E-state index contributed by atoms with van der Waals surface area (Å²) in [4.78, 5) is 72.0. The van der Waals surface area contributed by atoms with Crippen molar-refractivity contribution in [2.45, 2.75) is 167 Å². The first-order valence-corrected chi connectivity index (χ1v) is 23.5. The highest BCUT2D eigenvalue weighted by Crippen LogP contribution is 2.45. The molecular formula is C50H75NO13. The zero-order valence-corrected chi connectivity index (χ0v) is 39.5. The Hall–Kier alpha value is -3.37. The summed E-state index contributed by atoms with van der Waals surface area (Å²) in [6.07, 6.45) is 10.8. The van der Waals surface area contributed by atoms with Crippen LogP contribution in [0.5, 0.6) is 0 Å². The molecule has 1 amide bonds. The molecule has 1 saturated carbocycles. The SMILES string of the molecule is COC1CC(CC2[C@H]3CCCN4C(=O)C(=O)C5(O)O[C@@H](CCC5C)C[C@H](OC)/C(C)=C/C=C/C=C/C(C)CC(C)C(=O)[C@H](OC)C(O)/C(C)=C/C(C)C(=O)C[C@@H]2OC(=O)C34)CCC1O. The van der Waals surface area contributed by atoms with E-state index in [4.69, 9.17) is 23.7 Å². The molecule has 5 rings (SSSR count). The van der Waals surface area contributed by atoms with Crippen LogP contribution >= 0.6 is 0 Å². The molecule has 11 unspecified atom stereocenters. The lowest BCUT2D eigenvalue weighted by molar-refractivity contribution is -0.266. The van der Waals surface area contributed by atoms with Gasteiger partial charge in [0.2, 0.25) is 5.79 Å². The number of hydrogen-bond donors (Lipinski definition) is 3. The molecule has 14 heteroatoms. The molecule has 14 nitrogen and oxygen atoms in total. The highest BCUT2D eigenvalue weighted by atomic mass is 16.6. The molecule has 0 spiro atoms. The number of methoxy groups -OCH3 is 3. The van der Waals surface area contributed by atoms with Crippen molar-refractivity contribution in [3.63, 3.8) is 0 Å². The number of aliphatic hydroxyl groups is 3. The van der Waals surface area contributed by atoms with E-state index >= 15 is 0 Å². The van der Waals surface area contributed by atoms with E-state index < -0.39 is 95.7 Å². The Kier molecular flexibility index (Phi) is 18.5. The number of nitrogens with zero attached hydrogens (tertiary/aromatic N) is 1. The first kappa shape index (κ1) is 51.6. The quantitative estimate of drug-likeness (QED) is 0.181. The first-order chi connectivity index (χ1) is 30.3. The molecule has 358 valence electrons. The summed E-state index contributed by atoms with van der Waals surface area (Å²) in [6, 6.07) is -1.12. The maximum Gasteiger partial charge on any atom is 0.329 e. The summed E-state index contributed by atoms with van der Waals surface area (Å²) in [6.45, 7) is 10.9. The number of Topliss-reactive ketones (excluding diaryl/α,β-unsaturated/α-hetero) is 3. The predicted molar refractivity (Wildman–Crippen MR) is 238 cm³/mol. The Labute approximate surface area is 379 Å². The second-order valence-corrected chi connectivity index (χ2v) is 19.5. The van der Waals surface area contributed by atoms with Crippen LogP contribution < -0.4 is 0 Å². The van der Waals surface area contributed by atoms with E-state index in [0.29, 0.717) is 69.8 Å². The van der Waals surface area contributed by atoms with Crippen LogP contribution in [0.3, 0.4) is 0 Å². The van der Waals surface area contributed by atoms with Gasteiger partial charge in [-0.15, -0.1) is 0 Å². The van der Waals surface area contributed by atoms with Crippen LogP contribution in [0, 0.1) is 41.4 Å². The van der Waals surface area contributed by atoms with Gasteiger partial charge in [-0.2, -0.15) is 0 Å². The van der Waals surface area contributed by atoms with Crippen LogP contribution in [0.25, 0.3) is 0 Å². The fourth-order valence-corrected chi connectivity index (χ4v) is 10.9. The Morgan fingerprint density at radius 3 is 2.27 bits per heavy atom. The summed E-state index contributed by atoms with van der Waals surface area (Å²) in [5.74, 6) is -8.43. The zero-order chi connectivity index (χ0) is 47.0. The van der Waals surface area contributed by atoms with Crippen LogP contribution in [0.1, 0.15) is 112 Å². The smallest absolute Gasteiger partial charge is 0.329 e. The topological polar surface area (TPSA) is 195 Å². The molecule has 3 saturated heterocycles. The number of allylic oxidation sites excluding steroid dienone is 6. The van der Waals surface area contributed by atoms with Gasteiger partial charge >= 0.3 is 5.97 Å². The molecule has 0 aromatic carbocycles. The number of fused-ring (bicyclic) bond motifs is 4. The van der Waals surface area contributed by atoms with Crippen molar-refractivity contribution < 1.29 is 63.0 Å². The molecule has 0 aromatic rings. The van der Waals surface area contributed by atoms with E-state index in [1.165, 1.54) is 12.0 Å². The molecule has 16 atom stereocenters. The Morgan fingerprint density at radius 2 is 1.58 bits per heavy atom. The minimum absolute atomic E-state index is 0.0231. The number of aliphatic hydroxyl groups excluding tert-OH is 2. The number of amides is 1. The van der Waals surface area contributed by atoms with Crippen molar-refractivity contribution in [3.8, 4) is 0 Å². The van der Waals surface area contributed by atoms with Crippen LogP contribution in [0.15, 0.2) is 47.6 Å². The first-order valence-electron chi connectivity index (χ1n) is 23.5. The fourth-order valence-electron chi connectivity index (χ4n) is 10.9. The summed E-state index contributed by atoms with van der Waals surface area (Å²) < 4.78 is 29.4. The van der Waals surface area contributed by atoms with Crippen LogP contribution in [0.4, 0.5) is 0 Å². The average Bonchev–Trinajstić information content (AvgIpc) is 3.27. The van der Waals surface area contributed by atoms with Gasteiger partial charge in [-0.3, -0.25) is 19.2 Å². The highest BCUT2D eigenvalue weighted by molar-refractivity contribution is 6.39. The van der Waals surface area contributed by atoms with Crippen molar-refractivity contribution >= 4 is 29.2 Å². The molecule has 5 aliphatic rings. The lowest BCUT2D eigenvalue weighted by atomic mass is 9.68.